The van der Waals surface area contributed by atoms with Crippen LogP contribution in [0.2, 0.25) is 5.02 Å². The molecular weight excluding hydrogens is 372 g/mol. The summed E-state index contributed by atoms with van der Waals surface area (Å²) < 4.78 is 5.95. The lowest BCUT2D eigenvalue weighted by Gasteiger charge is -2.41. The van der Waals surface area contributed by atoms with Crippen LogP contribution in [0.15, 0.2) is 12.3 Å². The molecule has 1 saturated carbocycles. The Labute approximate surface area is 171 Å². The van der Waals surface area contributed by atoms with Crippen molar-refractivity contribution >= 4 is 17.3 Å². The third-order valence-corrected chi connectivity index (χ3v) is 7.13. The van der Waals surface area contributed by atoms with Crippen molar-refractivity contribution in [1.29, 1.82) is 0 Å². The number of nitrogens with two attached hydrogens (primary N) is 1. The predicted molar refractivity (Wildman–Crippen MR) is 113 cm³/mol. The molecule has 0 amide bonds. The quantitative estimate of drug-likeness (QED) is 0.744. The highest BCUT2D eigenvalue weighted by molar-refractivity contribution is 6.33. The van der Waals surface area contributed by atoms with E-state index in [9.17, 15) is 0 Å². The lowest BCUT2D eigenvalue weighted by molar-refractivity contribution is 0.0845. The molecule has 0 unspecified atom stereocenters. The van der Waals surface area contributed by atoms with Crippen molar-refractivity contribution in [3.63, 3.8) is 0 Å². The van der Waals surface area contributed by atoms with Crippen LogP contribution < -0.4 is 10.5 Å². The van der Waals surface area contributed by atoms with E-state index in [0.29, 0.717) is 17.3 Å². The number of aromatic amines is 1. The number of aromatic nitrogens is 2. The zero-order chi connectivity index (χ0) is 19.1. The van der Waals surface area contributed by atoms with Crippen molar-refractivity contribution in [3.8, 4) is 17.1 Å². The Morgan fingerprint density at radius 2 is 2.04 bits per heavy atom. The molecule has 1 aromatic carbocycles. The Morgan fingerprint density at radius 1 is 1.21 bits per heavy atom. The minimum absolute atomic E-state index is 0.584. The second-order valence-electron chi connectivity index (χ2n) is 8.60. The Bertz CT molecular complexity index is 852. The topological polar surface area (TPSA) is 67.2 Å². The minimum Gasteiger partial charge on any atom is -0.492 e. The van der Waals surface area contributed by atoms with Crippen LogP contribution in [0.1, 0.15) is 49.8 Å². The van der Waals surface area contributed by atoms with Gasteiger partial charge in [-0.3, -0.25) is 0 Å². The third-order valence-electron chi connectivity index (χ3n) is 6.82. The van der Waals surface area contributed by atoms with Crippen LogP contribution in [0.4, 0.5) is 5.69 Å². The smallest absolute Gasteiger partial charge is 0.141 e. The van der Waals surface area contributed by atoms with Gasteiger partial charge in [0.05, 0.1) is 22.9 Å². The van der Waals surface area contributed by atoms with Crippen LogP contribution in [-0.2, 0) is 12.8 Å². The Kier molecular flexibility index (Phi) is 4.97. The molecule has 3 N–H and O–H groups in total. The summed E-state index contributed by atoms with van der Waals surface area (Å²) in [7, 11) is 0. The molecule has 3 aliphatic rings. The van der Waals surface area contributed by atoms with Gasteiger partial charge in [0.25, 0.3) is 0 Å². The number of likely N-dealkylation sites (tertiary alicyclic amines) is 1. The number of imidazole rings is 1. The maximum atomic E-state index is 6.39. The molecule has 1 aromatic heterocycles. The number of nitrogens with one attached hydrogen (secondary N) is 1. The number of piperidine rings is 1. The number of H-pyrrole nitrogens is 1. The summed E-state index contributed by atoms with van der Waals surface area (Å²) in [6, 6.07) is 2.77. The molecule has 1 saturated heterocycles. The molecule has 2 aliphatic heterocycles. The maximum absolute atomic E-state index is 6.39. The van der Waals surface area contributed by atoms with Gasteiger partial charge in [0.2, 0.25) is 0 Å². The van der Waals surface area contributed by atoms with Crippen molar-refractivity contribution in [2.24, 2.45) is 5.92 Å². The zero-order valence-electron chi connectivity index (χ0n) is 16.3. The average molecular weight is 401 g/mol. The number of fused-ring (bicyclic) bond motifs is 1. The number of rotatable bonds is 4. The molecule has 3 heterocycles. The first-order chi connectivity index (χ1) is 13.7. The van der Waals surface area contributed by atoms with Crippen LogP contribution >= 0.6 is 11.6 Å². The van der Waals surface area contributed by atoms with Crippen molar-refractivity contribution < 1.29 is 4.74 Å². The van der Waals surface area contributed by atoms with Gasteiger partial charge in [0.1, 0.15) is 11.6 Å². The van der Waals surface area contributed by atoms with Gasteiger partial charge in [0.15, 0.2) is 0 Å². The van der Waals surface area contributed by atoms with Gasteiger partial charge < -0.3 is 20.4 Å². The molecule has 0 radical (unpaired) electrons. The summed E-state index contributed by atoms with van der Waals surface area (Å²) >= 11 is 6.39. The first kappa shape index (κ1) is 18.3. The van der Waals surface area contributed by atoms with Crippen LogP contribution in [0.25, 0.3) is 11.4 Å². The van der Waals surface area contributed by atoms with Crippen molar-refractivity contribution in [2.75, 3.05) is 25.4 Å². The number of hydrogen-bond donors (Lipinski definition) is 2. The van der Waals surface area contributed by atoms with Gasteiger partial charge in [-0.25, -0.2) is 4.98 Å². The van der Waals surface area contributed by atoms with E-state index in [0.717, 1.165) is 53.9 Å². The molecular formula is C22H29ClN4O. The third kappa shape index (κ3) is 3.39. The monoisotopic (exact) mass is 400 g/mol. The van der Waals surface area contributed by atoms with E-state index in [1.54, 1.807) is 0 Å². The fraction of sp³-hybridized carbons (Fsp3) is 0.591. The van der Waals surface area contributed by atoms with Gasteiger partial charge in [-0.05, 0) is 70.0 Å². The molecule has 1 aliphatic carbocycles. The fourth-order valence-corrected chi connectivity index (χ4v) is 5.12. The lowest BCUT2D eigenvalue weighted by atomic mass is 9.86. The number of nitrogen functional groups attached to an aromatic ring is 1. The van der Waals surface area contributed by atoms with Crippen LogP contribution in [0, 0.1) is 5.92 Å². The standard InChI is InChI=1S/C22H29ClN4O/c23-19-12-18(21-17(20(19)24)5-2-10-28-21)22-25-13-15(26-22)11-14-6-8-27(9-7-14)16-3-1-4-16/h12-14,16H,1-11,24H2,(H,25,26). The number of benzene rings is 1. The van der Waals surface area contributed by atoms with Crippen molar-refractivity contribution in [2.45, 2.75) is 57.4 Å². The number of anilines is 1. The van der Waals surface area contributed by atoms with E-state index in [-0.39, 0.29) is 0 Å². The van der Waals surface area contributed by atoms with E-state index in [1.807, 2.05) is 12.3 Å². The van der Waals surface area contributed by atoms with Gasteiger partial charge in [-0.2, -0.15) is 0 Å². The van der Waals surface area contributed by atoms with Crippen LogP contribution in [-0.4, -0.2) is 40.6 Å². The van der Waals surface area contributed by atoms with Crippen LogP contribution in [0.3, 0.4) is 0 Å². The average Bonchev–Trinajstić information content (AvgIpc) is 3.13. The second-order valence-corrected chi connectivity index (χ2v) is 9.01. The largest absolute Gasteiger partial charge is 0.492 e. The molecule has 5 nitrogen and oxygen atoms in total. The fourth-order valence-electron chi connectivity index (χ4n) is 4.90. The van der Waals surface area contributed by atoms with Crippen molar-refractivity contribution in [1.82, 2.24) is 14.9 Å². The second kappa shape index (κ2) is 7.60. The summed E-state index contributed by atoms with van der Waals surface area (Å²) in [5.41, 5.74) is 9.98. The highest BCUT2D eigenvalue weighted by Gasteiger charge is 2.29. The van der Waals surface area contributed by atoms with Gasteiger partial charge in [0, 0.05) is 23.5 Å². The molecule has 0 atom stereocenters. The van der Waals surface area contributed by atoms with Gasteiger partial charge in [-0.15, -0.1) is 0 Å². The maximum Gasteiger partial charge on any atom is 0.141 e. The first-order valence-corrected chi connectivity index (χ1v) is 11.1. The molecule has 0 spiro atoms. The summed E-state index contributed by atoms with van der Waals surface area (Å²) in [6.07, 6.45) is 11.7. The molecule has 150 valence electrons. The highest BCUT2D eigenvalue weighted by Crippen LogP contribution is 2.42. The van der Waals surface area contributed by atoms with E-state index >= 15 is 0 Å². The number of nitrogens with zero attached hydrogens (tertiary/aromatic N) is 2. The van der Waals surface area contributed by atoms with E-state index in [1.165, 1.54) is 50.9 Å². The molecule has 2 aromatic rings. The molecule has 6 heteroatoms. The van der Waals surface area contributed by atoms with Gasteiger partial charge >= 0.3 is 0 Å². The highest BCUT2D eigenvalue weighted by atomic mass is 35.5. The Balaban J connectivity index is 1.30. The summed E-state index contributed by atoms with van der Waals surface area (Å²) in [4.78, 5) is 10.9. The lowest BCUT2D eigenvalue weighted by Crippen LogP contribution is -2.45. The van der Waals surface area contributed by atoms with E-state index < -0.39 is 0 Å². The number of ether oxygens (including phenoxy) is 1. The normalized spacial score (nSPS) is 21.2. The molecule has 28 heavy (non-hydrogen) atoms. The van der Waals surface area contributed by atoms with Gasteiger partial charge in [-0.1, -0.05) is 18.0 Å². The summed E-state index contributed by atoms with van der Waals surface area (Å²) in [5.74, 6) is 2.43. The molecule has 5 rings (SSSR count). The Hall–Kier alpha value is -1.72. The Morgan fingerprint density at radius 3 is 2.79 bits per heavy atom. The van der Waals surface area contributed by atoms with Crippen molar-refractivity contribution in [3.05, 3.63) is 28.5 Å². The number of hydrogen-bond acceptors (Lipinski definition) is 4. The molecule has 2 fully saturated rings. The summed E-state index contributed by atoms with van der Waals surface area (Å²) in [6.45, 7) is 3.23. The van der Waals surface area contributed by atoms with E-state index in [2.05, 4.69) is 14.9 Å². The number of halogens is 1. The molecule has 0 bridgehead atoms. The SMILES string of the molecule is Nc1c(Cl)cc(-c2ncc(CC3CCN(C4CCC4)CC3)[nH]2)c2c1CCCO2. The summed E-state index contributed by atoms with van der Waals surface area (Å²) in [5, 5.41) is 0.584. The predicted octanol–water partition coefficient (Wildman–Crippen LogP) is 4.44. The zero-order valence-corrected chi connectivity index (χ0v) is 17.1. The van der Waals surface area contributed by atoms with Crippen LogP contribution in [0.5, 0.6) is 5.75 Å². The van der Waals surface area contributed by atoms with E-state index in [4.69, 9.17) is 22.1 Å². The minimum atomic E-state index is 0.584. The first-order valence-electron chi connectivity index (χ1n) is 10.7.